The number of unbranched alkanes of at least 4 members (excludes halogenated alkanes) is 2. The maximum Gasteiger partial charge on any atom is 0.222 e. The van der Waals surface area contributed by atoms with Gasteiger partial charge in [0.25, 0.3) is 0 Å². The molecule has 3 nitrogen and oxygen atoms in total. The van der Waals surface area contributed by atoms with Crippen molar-refractivity contribution in [2.45, 2.75) is 91.9 Å². The van der Waals surface area contributed by atoms with Crippen molar-refractivity contribution in [3.8, 4) is 0 Å². The van der Waals surface area contributed by atoms with Crippen LogP contribution in [-0.2, 0) is 4.79 Å². The molecule has 2 heterocycles. The van der Waals surface area contributed by atoms with Gasteiger partial charge in [0.2, 0.25) is 5.91 Å². The molecule has 0 N–H and O–H groups in total. The average molecular weight is 365 g/mol. The van der Waals surface area contributed by atoms with E-state index in [-0.39, 0.29) is 0 Å². The lowest BCUT2D eigenvalue weighted by atomic mass is 9.71. The lowest BCUT2D eigenvalue weighted by molar-refractivity contribution is -0.134. The highest BCUT2D eigenvalue weighted by molar-refractivity contribution is 5.76. The minimum atomic E-state index is 0.395. The second-order valence-corrected chi connectivity index (χ2v) is 9.71. The Bertz CT molecular complexity index is 402. The maximum atomic E-state index is 12.4. The highest BCUT2D eigenvalue weighted by Gasteiger charge is 2.38. The van der Waals surface area contributed by atoms with Crippen LogP contribution in [-0.4, -0.2) is 48.4 Å². The molecule has 3 heteroatoms. The van der Waals surface area contributed by atoms with Crippen LogP contribution >= 0.6 is 0 Å². The molecule has 1 atom stereocenters. The molecule has 0 bridgehead atoms. The standard InChI is InChI=1S/C23H44N2O/c1-5-6-7-8-21(4)19-24-15-11-23(12-16-24)13-17-25(18-14-23)22(26)10-9-20(2)3/h20-21H,5-19H2,1-4H3. The number of likely N-dealkylation sites (tertiary alicyclic amines) is 2. The molecule has 0 aromatic rings. The fourth-order valence-corrected chi connectivity index (χ4v) is 4.79. The van der Waals surface area contributed by atoms with E-state index in [9.17, 15) is 4.79 Å². The van der Waals surface area contributed by atoms with E-state index in [2.05, 4.69) is 37.5 Å². The molecular weight excluding hydrogens is 320 g/mol. The maximum absolute atomic E-state index is 12.4. The van der Waals surface area contributed by atoms with Gasteiger partial charge >= 0.3 is 0 Å². The van der Waals surface area contributed by atoms with E-state index >= 15 is 0 Å². The second-order valence-electron chi connectivity index (χ2n) is 9.71. The Labute approximate surface area is 162 Å². The summed E-state index contributed by atoms with van der Waals surface area (Å²) in [7, 11) is 0. The predicted molar refractivity (Wildman–Crippen MR) is 111 cm³/mol. The zero-order valence-corrected chi connectivity index (χ0v) is 18.1. The molecule has 0 aromatic carbocycles. The topological polar surface area (TPSA) is 23.6 Å². The van der Waals surface area contributed by atoms with E-state index in [1.54, 1.807) is 0 Å². The van der Waals surface area contributed by atoms with Crippen LogP contribution in [0, 0.1) is 17.3 Å². The monoisotopic (exact) mass is 364 g/mol. The average Bonchev–Trinajstić information content (AvgIpc) is 2.63. The van der Waals surface area contributed by atoms with Gasteiger partial charge in [-0.2, -0.15) is 0 Å². The smallest absolute Gasteiger partial charge is 0.222 e. The van der Waals surface area contributed by atoms with Crippen molar-refractivity contribution in [3.63, 3.8) is 0 Å². The van der Waals surface area contributed by atoms with Gasteiger partial charge in [0.05, 0.1) is 0 Å². The SMILES string of the molecule is CCCCCC(C)CN1CCC2(CC1)CCN(C(=O)CCC(C)C)CC2. The summed E-state index contributed by atoms with van der Waals surface area (Å²) in [5.74, 6) is 1.87. The molecule has 0 aromatic heterocycles. The summed E-state index contributed by atoms with van der Waals surface area (Å²) in [5.41, 5.74) is 0.538. The van der Waals surface area contributed by atoms with Crippen LogP contribution in [0.1, 0.15) is 91.9 Å². The molecule has 2 fully saturated rings. The van der Waals surface area contributed by atoms with Gasteiger partial charge in [-0.25, -0.2) is 0 Å². The number of rotatable bonds is 9. The van der Waals surface area contributed by atoms with Crippen molar-refractivity contribution in [1.82, 2.24) is 9.80 Å². The molecule has 2 rings (SSSR count). The summed E-state index contributed by atoms with van der Waals surface area (Å²) in [4.78, 5) is 17.2. The Morgan fingerprint density at radius 3 is 2.12 bits per heavy atom. The molecule has 2 saturated heterocycles. The van der Waals surface area contributed by atoms with Gasteiger partial charge in [-0.1, -0.05) is 47.0 Å². The molecular formula is C23H44N2O. The molecule has 0 saturated carbocycles. The van der Waals surface area contributed by atoms with E-state index in [1.807, 2.05) is 0 Å². The number of hydrogen-bond acceptors (Lipinski definition) is 2. The van der Waals surface area contributed by atoms with Crippen LogP contribution in [0.15, 0.2) is 0 Å². The van der Waals surface area contributed by atoms with Gasteiger partial charge in [-0.05, 0) is 68.9 Å². The Morgan fingerprint density at radius 1 is 0.923 bits per heavy atom. The number of nitrogens with zero attached hydrogens (tertiary/aromatic N) is 2. The first kappa shape index (κ1) is 21.7. The van der Waals surface area contributed by atoms with Crippen LogP contribution in [0.4, 0.5) is 0 Å². The third kappa shape index (κ3) is 6.87. The van der Waals surface area contributed by atoms with Gasteiger partial charge in [-0.15, -0.1) is 0 Å². The molecule has 1 amide bonds. The Kier molecular flexibility index (Phi) is 8.93. The number of amides is 1. The number of piperidine rings is 2. The third-order valence-corrected chi connectivity index (χ3v) is 6.90. The van der Waals surface area contributed by atoms with Crippen molar-refractivity contribution in [2.24, 2.45) is 17.3 Å². The molecule has 1 unspecified atom stereocenters. The van der Waals surface area contributed by atoms with Crippen LogP contribution in [0.5, 0.6) is 0 Å². The minimum Gasteiger partial charge on any atom is -0.343 e. The molecule has 0 radical (unpaired) electrons. The van der Waals surface area contributed by atoms with Crippen molar-refractivity contribution in [2.75, 3.05) is 32.7 Å². The van der Waals surface area contributed by atoms with Gasteiger partial charge in [0.1, 0.15) is 0 Å². The summed E-state index contributed by atoms with van der Waals surface area (Å²) in [6.07, 6.45) is 12.5. The van der Waals surface area contributed by atoms with E-state index < -0.39 is 0 Å². The Morgan fingerprint density at radius 2 is 1.54 bits per heavy atom. The quantitative estimate of drug-likeness (QED) is 0.515. The highest BCUT2D eigenvalue weighted by atomic mass is 16.2. The van der Waals surface area contributed by atoms with E-state index in [4.69, 9.17) is 0 Å². The highest BCUT2D eigenvalue weighted by Crippen LogP contribution is 2.41. The fraction of sp³-hybridized carbons (Fsp3) is 0.957. The first-order valence-electron chi connectivity index (χ1n) is 11.4. The van der Waals surface area contributed by atoms with Crippen molar-refractivity contribution < 1.29 is 4.79 Å². The van der Waals surface area contributed by atoms with E-state index in [0.717, 1.165) is 31.8 Å². The van der Waals surface area contributed by atoms with Gasteiger partial charge in [-0.3, -0.25) is 4.79 Å². The summed E-state index contributed by atoms with van der Waals surface area (Å²) in [5, 5.41) is 0. The minimum absolute atomic E-state index is 0.395. The lowest BCUT2D eigenvalue weighted by Gasteiger charge is -2.47. The molecule has 152 valence electrons. The van der Waals surface area contributed by atoms with E-state index in [1.165, 1.54) is 71.0 Å². The molecule has 26 heavy (non-hydrogen) atoms. The van der Waals surface area contributed by atoms with Crippen molar-refractivity contribution >= 4 is 5.91 Å². The normalized spacial score (nSPS) is 22.1. The molecule has 2 aliphatic rings. The largest absolute Gasteiger partial charge is 0.343 e. The van der Waals surface area contributed by atoms with Crippen LogP contribution in [0.3, 0.4) is 0 Å². The van der Waals surface area contributed by atoms with Crippen LogP contribution in [0.2, 0.25) is 0 Å². The van der Waals surface area contributed by atoms with Crippen LogP contribution in [0.25, 0.3) is 0 Å². The number of hydrogen-bond donors (Lipinski definition) is 0. The van der Waals surface area contributed by atoms with Gasteiger partial charge < -0.3 is 9.80 Å². The molecule has 2 aliphatic heterocycles. The second kappa shape index (κ2) is 10.7. The van der Waals surface area contributed by atoms with Gasteiger partial charge in [0, 0.05) is 26.1 Å². The zero-order chi connectivity index (χ0) is 19.0. The Hall–Kier alpha value is -0.570. The van der Waals surface area contributed by atoms with E-state index in [0.29, 0.717) is 17.2 Å². The van der Waals surface area contributed by atoms with Gasteiger partial charge in [0.15, 0.2) is 0 Å². The van der Waals surface area contributed by atoms with Crippen molar-refractivity contribution in [3.05, 3.63) is 0 Å². The lowest BCUT2D eigenvalue weighted by Crippen LogP contribution is -2.48. The fourth-order valence-electron chi connectivity index (χ4n) is 4.79. The first-order chi connectivity index (χ1) is 12.4. The summed E-state index contributed by atoms with van der Waals surface area (Å²) >= 11 is 0. The first-order valence-corrected chi connectivity index (χ1v) is 11.4. The molecule has 1 spiro atoms. The summed E-state index contributed by atoms with van der Waals surface area (Å²) in [6, 6.07) is 0. The summed E-state index contributed by atoms with van der Waals surface area (Å²) < 4.78 is 0. The Balaban J connectivity index is 1.67. The summed E-state index contributed by atoms with van der Waals surface area (Å²) in [6.45, 7) is 15.0. The zero-order valence-electron chi connectivity index (χ0n) is 18.1. The third-order valence-electron chi connectivity index (χ3n) is 6.90. The number of carbonyl (C=O) groups is 1. The molecule has 0 aliphatic carbocycles. The van der Waals surface area contributed by atoms with Crippen LogP contribution < -0.4 is 0 Å². The van der Waals surface area contributed by atoms with Crippen molar-refractivity contribution in [1.29, 1.82) is 0 Å². The number of carbonyl (C=O) groups excluding carboxylic acids is 1. The predicted octanol–water partition coefficient (Wildman–Crippen LogP) is 5.34.